The monoisotopic (exact) mass is 326 g/mol. The summed E-state index contributed by atoms with van der Waals surface area (Å²) in [5.74, 6) is 0.192. The largest absolute Gasteiger partial charge is 0.388 e. The third-order valence-corrected chi connectivity index (χ3v) is 5.14. The molecule has 0 amide bonds. The van der Waals surface area contributed by atoms with Crippen molar-refractivity contribution in [1.29, 1.82) is 0 Å². The van der Waals surface area contributed by atoms with Gasteiger partial charge in [-0.1, -0.05) is 96.6 Å². The Morgan fingerprint density at radius 3 is 1.64 bits per heavy atom. The number of hydrogen-bond acceptors (Lipinski definition) is 1. The van der Waals surface area contributed by atoms with Gasteiger partial charge in [-0.05, 0) is 35.1 Å². The van der Waals surface area contributed by atoms with E-state index in [1.807, 2.05) is 42.5 Å². The van der Waals surface area contributed by atoms with Gasteiger partial charge in [-0.3, -0.25) is 0 Å². The average Bonchev–Trinajstić information content (AvgIpc) is 2.67. The summed E-state index contributed by atoms with van der Waals surface area (Å²) in [4.78, 5) is 0. The molecule has 0 saturated heterocycles. The average molecular weight is 326 g/mol. The first-order chi connectivity index (χ1) is 12.3. The van der Waals surface area contributed by atoms with Crippen molar-refractivity contribution in [3.63, 3.8) is 0 Å². The van der Waals surface area contributed by atoms with Crippen molar-refractivity contribution in [3.05, 3.63) is 113 Å². The van der Waals surface area contributed by atoms with Crippen LogP contribution in [0.4, 0.5) is 0 Å². The van der Waals surface area contributed by atoms with E-state index in [9.17, 15) is 5.11 Å². The first-order valence-corrected chi connectivity index (χ1v) is 8.91. The molecule has 0 aliphatic heterocycles. The Labute approximate surface area is 149 Å². The standard InChI is InChI=1S/C24H22O/c25-24(20-14-8-3-9-15-20)22-17-16-21(22)23(18-10-4-1-5-11-18)19-12-6-2-7-13-19/h1-15,22,24-25H,16-17H2/t22-,24-/m0/s1. The molecular weight excluding hydrogens is 304 g/mol. The second-order valence-electron chi connectivity index (χ2n) is 6.63. The molecule has 2 atom stereocenters. The quantitative estimate of drug-likeness (QED) is 0.658. The molecule has 1 nitrogen and oxygen atoms in total. The van der Waals surface area contributed by atoms with Gasteiger partial charge in [-0.2, -0.15) is 0 Å². The van der Waals surface area contributed by atoms with Crippen LogP contribution in [0.2, 0.25) is 0 Å². The molecule has 0 heterocycles. The van der Waals surface area contributed by atoms with Gasteiger partial charge in [0.15, 0.2) is 0 Å². The normalized spacial score (nSPS) is 17.6. The summed E-state index contributed by atoms with van der Waals surface area (Å²) in [6.45, 7) is 0. The molecule has 25 heavy (non-hydrogen) atoms. The van der Waals surface area contributed by atoms with E-state index >= 15 is 0 Å². The molecular formula is C24H22O. The summed E-state index contributed by atoms with van der Waals surface area (Å²) in [5, 5.41) is 10.9. The topological polar surface area (TPSA) is 20.2 Å². The third-order valence-electron chi connectivity index (χ3n) is 5.14. The SMILES string of the molecule is O[C@@H](c1ccccc1)[C@H]1CCC1=C(c1ccccc1)c1ccccc1. The van der Waals surface area contributed by atoms with Crippen molar-refractivity contribution in [1.82, 2.24) is 0 Å². The number of aliphatic hydroxyl groups is 1. The highest BCUT2D eigenvalue weighted by atomic mass is 16.3. The van der Waals surface area contributed by atoms with Gasteiger partial charge >= 0.3 is 0 Å². The molecule has 4 rings (SSSR count). The van der Waals surface area contributed by atoms with Crippen molar-refractivity contribution in [2.45, 2.75) is 18.9 Å². The van der Waals surface area contributed by atoms with Crippen LogP contribution >= 0.6 is 0 Å². The van der Waals surface area contributed by atoms with Crippen LogP contribution in [0.3, 0.4) is 0 Å². The first-order valence-electron chi connectivity index (χ1n) is 8.91. The summed E-state index contributed by atoms with van der Waals surface area (Å²) >= 11 is 0. The van der Waals surface area contributed by atoms with Crippen LogP contribution in [0.15, 0.2) is 96.6 Å². The highest BCUT2D eigenvalue weighted by Gasteiger charge is 2.34. The summed E-state index contributed by atoms with van der Waals surface area (Å²) in [7, 11) is 0. The smallest absolute Gasteiger partial charge is 0.0855 e. The zero-order chi connectivity index (χ0) is 17.1. The fraction of sp³-hybridized carbons (Fsp3) is 0.167. The van der Waals surface area contributed by atoms with Gasteiger partial charge in [0.25, 0.3) is 0 Å². The van der Waals surface area contributed by atoms with Crippen LogP contribution in [0, 0.1) is 5.92 Å². The molecule has 0 bridgehead atoms. The molecule has 0 aromatic heterocycles. The molecule has 124 valence electrons. The Morgan fingerprint density at radius 2 is 1.20 bits per heavy atom. The van der Waals surface area contributed by atoms with E-state index in [-0.39, 0.29) is 5.92 Å². The van der Waals surface area contributed by atoms with Crippen molar-refractivity contribution < 1.29 is 5.11 Å². The molecule has 1 heteroatoms. The van der Waals surface area contributed by atoms with E-state index in [1.165, 1.54) is 22.3 Å². The van der Waals surface area contributed by atoms with E-state index in [0.717, 1.165) is 18.4 Å². The van der Waals surface area contributed by atoms with Crippen LogP contribution in [0.25, 0.3) is 5.57 Å². The van der Waals surface area contributed by atoms with Gasteiger partial charge in [0.2, 0.25) is 0 Å². The molecule has 1 saturated carbocycles. The molecule has 1 fully saturated rings. The summed E-state index contributed by atoms with van der Waals surface area (Å²) < 4.78 is 0. The Hall–Kier alpha value is -2.64. The molecule has 1 aliphatic rings. The second-order valence-corrected chi connectivity index (χ2v) is 6.63. The number of benzene rings is 3. The maximum Gasteiger partial charge on any atom is 0.0855 e. The van der Waals surface area contributed by atoms with Crippen LogP contribution < -0.4 is 0 Å². The Bertz CT molecular complexity index is 809. The summed E-state index contributed by atoms with van der Waals surface area (Å²) in [6, 6.07) is 31.1. The molecule has 0 spiro atoms. The highest BCUT2D eigenvalue weighted by Crippen LogP contribution is 2.47. The van der Waals surface area contributed by atoms with Crippen molar-refractivity contribution in [2.75, 3.05) is 0 Å². The maximum atomic E-state index is 10.9. The van der Waals surface area contributed by atoms with Gasteiger partial charge in [-0.25, -0.2) is 0 Å². The zero-order valence-corrected chi connectivity index (χ0v) is 14.2. The zero-order valence-electron chi connectivity index (χ0n) is 14.2. The molecule has 0 unspecified atom stereocenters. The molecule has 3 aromatic carbocycles. The molecule has 1 N–H and O–H groups in total. The molecule has 3 aromatic rings. The minimum absolute atomic E-state index is 0.192. The van der Waals surface area contributed by atoms with Crippen LogP contribution in [-0.4, -0.2) is 5.11 Å². The van der Waals surface area contributed by atoms with Gasteiger partial charge in [0.05, 0.1) is 6.10 Å². The van der Waals surface area contributed by atoms with Crippen molar-refractivity contribution in [2.24, 2.45) is 5.92 Å². The number of aliphatic hydroxyl groups excluding tert-OH is 1. The van der Waals surface area contributed by atoms with E-state index in [0.29, 0.717) is 0 Å². The number of hydrogen-bond donors (Lipinski definition) is 1. The van der Waals surface area contributed by atoms with Crippen LogP contribution in [-0.2, 0) is 0 Å². The number of rotatable bonds is 4. The predicted octanol–water partition coefficient (Wildman–Crippen LogP) is 5.63. The van der Waals surface area contributed by atoms with E-state index < -0.39 is 6.10 Å². The molecule has 1 aliphatic carbocycles. The first kappa shape index (κ1) is 15.9. The van der Waals surface area contributed by atoms with Crippen LogP contribution in [0.1, 0.15) is 35.6 Å². The second kappa shape index (κ2) is 7.08. The lowest BCUT2D eigenvalue weighted by molar-refractivity contribution is 0.0996. The fourth-order valence-electron chi connectivity index (χ4n) is 3.74. The minimum Gasteiger partial charge on any atom is -0.388 e. The van der Waals surface area contributed by atoms with Gasteiger partial charge in [0.1, 0.15) is 0 Å². The Kier molecular flexibility index (Phi) is 4.49. The van der Waals surface area contributed by atoms with Crippen LogP contribution in [0.5, 0.6) is 0 Å². The summed E-state index contributed by atoms with van der Waals surface area (Å²) in [6.07, 6.45) is 1.65. The minimum atomic E-state index is -0.438. The summed E-state index contributed by atoms with van der Waals surface area (Å²) in [5.41, 5.74) is 6.12. The predicted molar refractivity (Wildman–Crippen MR) is 103 cm³/mol. The van der Waals surface area contributed by atoms with E-state index in [2.05, 4.69) is 48.5 Å². The molecule has 0 radical (unpaired) electrons. The lowest BCUT2D eigenvalue weighted by Gasteiger charge is -2.37. The fourth-order valence-corrected chi connectivity index (χ4v) is 3.74. The Morgan fingerprint density at radius 1 is 0.720 bits per heavy atom. The maximum absolute atomic E-state index is 10.9. The van der Waals surface area contributed by atoms with Gasteiger partial charge in [0, 0.05) is 5.92 Å². The van der Waals surface area contributed by atoms with Gasteiger partial charge in [-0.15, -0.1) is 0 Å². The highest BCUT2D eigenvalue weighted by molar-refractivity contribution is 5.83. The third kappa shape index (κ3) is 3.16. The van der Waals surface area contributed by atoms with E-state index in [4.69, 9.17) is 0 Å². The Balaban J connectivity index is 1.78. The van der Waals surface area contributed by atoms with E-state index in [1.54, 1.807) is 0 Å². The van der Waals surface area contributed by atoms with Gasteiger partial charge < -0.3 is 5.11 Å². The van der Waals surface area contributed by atoms with Crippen molar-refractivity contribution in [3.8, 4) is 0 Å². The lowest BCUT2D eigenvalue weighted by atomic mass is 9.70. The van der Waals surface area contributed by atoms with Crippen molar-refractivity contribution >= 4 is 5.57 Å². The lowest BCUT2D eigenvalue weighted by Crippen LogP contribution is -2.25.